The maximum absolute atomic E-state index is 13.2. The predicted molar refractivity (Wildman–Crippen MR) is 113 cm³/mol. The molecule has 1 aliphatic heterocycles. The topological polar surface area (TPSA) is 109 Å². The average Bonchev–Trinajstić information content (AvgIpc) is 3.47. The maximum atomic E-state index is 13.2. The van der Waals surface area contributed by atoms with Crippen LogP contribution < -0.4 is 24.3 Å². The molecule has 1 aliphatic rings. The van der Waals surface area contributed by atoms with Crippen LogP contribution >= 0.6 is 0 Å². The van der Waals surface area contributed by atoms with Gasteiger partial charge in [-0.3, -0.25) is 4.79 Å². The highest BCUT2D eigenvalue weighted by molar-refractivity contribution is 5.77. The van der Waals surface area contributed by atoms with Gasteiger partial charge in [-0.05, 0) is 42.5 Å². The van der Waals surface area contributed by atoms with Crippen LogP contribution in [0.4, 0.5) is 4.39 Å². The molecule has 4 aromatic rings. The number of hydrogen-bond donors (Lipinski definition) is 1. The zero-order valence-electron chi connectivity index (χ0n) is 17.2. The molecular weight excluding hydrogens is 433 g/mol. The van der Waals surface area contributed by atoms with Crippen molar-refractivity contribution in [3.8, 4) is 34.5 Å². The van der Waals surface area contributed by atoms with E-state index in [1.165, 1.54) is 16.6 Å². The summed E-state index contributed by atoms with van der Waals surface area (Å²) in [6.07, 6.45) is 0. The molecule has 168 valence electrons. The fourth-order valence-electron chi connectivity index (χ4n) is 3.14. The van der Waals surface area contributed by atoms with Gasteiger partial charge in [0.15, 0.2) is 29.6 Å². The second kappa shape index (κ2) is 8.99. The number of rotatable bonds is 8. The van der Waals surface area contributed by atoms with Crippen molar-refractivity contribution in [2.24, 2.45) is 0 Å². The number of ether oxygens (including phenoxy) is 4. The lowest BCUT2D eigenvalue weighted by Crippen LogP contribution is -2.32. The van der Waals surface area contributed by atoms with Crippen molar-refractivity contribution in [1.82, 2.24) is 25.1 Å². The Morgan fingerprint density at radius 1 is 1.03 bits per heavy atom. The summed E-state index contributed by atoms with van der Waals surface area (Å²) in [6.45, 7) is 0.482. The van der Waals surface area contributed by atoms with E-state index in [0.717, 1.165) is 0 Å². The van der Waals surface area contributed by atoms with Crippen LogP contribution in [-0.2, 0) is 4.79 Å². The average molecular weight is 451 g/mol. The molecule has 11 heteroatoms. The third-order valence-electron chi connectivity index (χ3n) is 4.73. The lowest BCUT2D eigenvalue weighted by molar-refractivity contribution is -0.123. The van der Waals surface area contributed by atoms with Gasteiger partial charge < -0.3 is 24.3 Å². The number of nitrogens with one attached hydrogen (secondary N) is 1. The maximum Gasteiger partial charge on any atom is 0.258 e. The van der Waals surface area contributed by atoms with Gasteiger partial charge in [-0.2, -0.15) is 4.52 Å². The number of carbonyl (C=O) groups is 1. The van der Waals surface area contributed by atoms with E-state index in [-0.39, 0.29) is 38.3 Å². The Kier molecular flexibility index (Phi) is 5.58. The van der Waals surface area contributed by atoms with Crippen LogP contribution in [0.2, 0.25) is 0 Å². The molecule has 0 fully saturated rings. The van der Waals surface area contributed by atoms with E-state index in [2.05, 4.69) is 20.6 Å². The van der Waals surface area contributed by atoms with Gasteiger partial charge in [0.25, 0.3) is 5.91 Å². The third kappa shape index (κ3) is 4.61. The number of carbonyl (C=O) groups excluding carboxylic acids is 1. The van der Waals surface area contributed by atoms with E-state index in [4.69, 9.17) is 18.9 Å². The first kappa shape index (κ1) is 20.5. The summed E-state index contributed by atoms with van der Waals surface area (Å²) in [5, 5.41) is 15.2. The second-order valence-corrected chi connectivity index (χ2v) is 6.97. The largest absolute Gasteiger partial charge is 0.484 e. The Hall–Kier alpha value is -4.41. The Bertz CT molecular complexity index is 1290. The first-order valence-corrected chi connectivity index (χ1v) is 10.1. The lowest BCUT2D eigenvalue weighted by Gasteiger charge is -2.09. The van der Waals surface area contributed by atoms with Crippen molar-refractivity contribution in [1.29, 1.82) is 0 Å². The van der Waals surface area contributed by atoms with E-state index >= 15 is 0 Å². The van der Waals surface area contributed by atoms with E-state index in [1.807, 2.05) is 0 Å². The van der Waals surface area contributed by atoms with Gasteiger partial charge in [-0.15, -0.1) is 15.3 Å². The molecule has 0 saturated carbocycles. The summed E-state index contributed by atoms with van der Waals surface area (Å²) in [5.41, 5.74) is 1.19. The fourth-order valence-corrected chi connectivity index (χ4v) is 3.14. The van der Waals surface area contributed by atoms with Crippen LogP contribution in [0.15, 0.2) is 54.6 Å². The van der Waals surface area contributed by atoms with Gasteiger partial charge >= 0.3 is 0 Å². The van der Waals surface area contributed by atoms with Crippen LogP contribution in [0, 0.1) is 5.82 Å². The van der Waals surface area contributed by atoms with Crippen LogP contribution in [0.5, 0.6) is 23.1 Å². The van der Waals surface area contributed by atoms with Crippen molar-refractivity contribution >= 4 is 11.6 Å². The molecule has 2 aromatic carbocycles. The molecule has 0 bridgehead atoms. The van der Waals surface area contributed by atoms with Crippen LogP contribution in [0.1, 0.15) is 0 Å². The number of aromatic nitrogens is 4. The standard InChI is InChI=1S/C22H18FN5O5/c23-15-3-1-14(2-4-15)22-26-25-19-7-8-21(27-28(19)22)30-10-9-24-20(29)12-31-16-5-6-17-18(11-16)33-13-32-17/h1-8,11H,9-10,12-13H2,(H,24,29). The predicted octanol–water partition coefficient (Wildman–Crippen LogP) is 2.23. The van der Waals surface area contributed by atoms with Gasteiger partial charge in [0.05, 0.1) is 6.54 Å². The number of nitrogens with zero attached hydrogens (tertiary/aromatic N) is 4. The Morgan fingerprint density at radius 2 is 1.88 bits per heavy atom. The molecule has 0 atom stereocenters. The van der Waals surface area contributed by atoms with Crippen LogP contribution in [0.25, 0.3) is 17.0 Å². The van der Waals surface area contributed by atoms with Gasteiger partial charge in [0.1, 0.15) is 18.2 Å². The van der Waals surface area contributed by atoms with Crippen molar-refractivity contribution in [2.45, 2.75) is 0 Å². The van der Waals surface area contributed by atoms with Crippen molar-refractivity contribution in [3.05, 3.63) is 60.4 Å². The molecule has 1 amide bonds. The highest BCUT2D eigenvalue weighted by atomic mass is 19.1. The monoisotopic (exact) mass is 451 g/mol. The van der Waals surface area contributed by atoms with Crippen molar-refractivity contribution in [3.63, 3.8) is 0 Å². The minimum absolute atomic E-state index is 0.147. The van der Waals surface area contributed by atoms with E-state index in [1.54, 1.807) is 42.5 Å². The number of halogens is 1. The summed E-state index contributed by atoms with van der Waals surface area (Å²) in [4.78, 5) is 12.0. The number of hydrogen-bond acceptors (Lipinski definition) is 8. The highest BCUT2D eigenvalue weighted by Crippen LogP contribution is 2.35. The zero-order chi connectivity index (χ0) is 22.6. The molecule has 33 heavy (non-hydrogen) atoms. The first-order chi connectivity index (χ1) is 16.2. The van der Waals surface area contributed by atoms with Crippen molar-refractivity contribution < 1.29 is 28.1 Å². The summed E-state index contributed by atoms with van der Waals surface area (Å²) in [5.74, 6) is 1.90. The minimum Gasteiger partial charge on any atom is -0.484 e. The zero-order valence-corrected chi connectivity index (χ0v) is 17.2. The number of fused-ring (bicyclic) bond motifs is 2. The quantitative estimate of drug-likeness (QED) is 0.406. The molecule has 10 nitrogen and oxygen atoms in total. The molecule has 0 saturated heterocycles. The van der Waals surface area contributed by atoms with E-state index in [9.17, 15) is 9.18 Å². The fraction of sp³-hybridized carbons (Fsp3) is 0.182. The molecule has 2 aromatic heterocycles. The molecule has 0 unspecified atom stereocenters. The van der Waals surface area contributed by atoms with E-state index < -0.39 is 0 Å². The van der Waals surface area contributed by atoms with Gasteiger partial charge in [0, 0.05) is 17.7 Å². The smallest absolute Gasteiger partial charge is 0.258 e. The molecule has 0 spiro atoms. The Morgan fingerprint density at radius 3 is 2.76 bits per heavy atom. The van der Waals surface area contributed by atoms with Crippen LogP contribution in [-0.4, -0.2) is 52.3 Å². The SMILES string of the molecule is O=C(COc1ccc2c(c1)OCO2)NCCOc1ccc2nnc(-c3ccc(F)cc3)n2n1. The summed E-state index contributed by atoms with van der Waals surface area (Å²) < 4.78 is 36.3. The molecule has 1 N–H and O–H groups in total. The van der Waals surface area contributed by atoms with Gasteiger partial charge in [-0.1, -0.05) is 0 Å². The first-order valence-electron chi connectivity index (χ1n) is 10.1. The van der Waals surface area contributed by atoms with E-state index in [0.29, 0.717) is 40.2 Å². The molecule has 0 aliphatic carbocycles. The molecule has 0 radical (unpaired) electrons. The lowest BCUT2D eigenvalue weighted by atomic mass is 10.2. The summed E-state index contributed by atoms with van der Waals surface area (Å²) >= 11 is 0. The minimum atomic E-state index is -0.340. The molecule has 3 heterocycles. The van der Waals surface area contributed by atoms with Crippen molar-refractivity contribution in [2.75, 3.05) is 26.6 Å². The number of amides is 1. The highest BCUT2D eigenvalue weighted by Gasteiger charge is 2.14. The second-order valence-electron chi connectivity index (χ2n) is 6.97. The van der Waals surface area contributed by atoms with Gasteiger partial charge in [0.2, 0.25) is 12.7 Å². The Balaban J connectivity index is 1.12. The summed E-state index contributed by atoms with van der Waals surface area (Å²) in [7, 11) is 0. The summed E-state index contributed by atoms with van der Waals surface area (Å²) in [6, 6.07) is 14.4. The normalized spacial score (nSPS) is 12.0. The molecule has 5 rings (SSSR count). The molecular formula is C22H18FN5O5. The number of benzene rings is 2. The van der Waals surface area contributed by atoms with Crippen LogP contribution in [0.3, 0.4) is 0 Å². The Labute approximate surface area is 186 Å². The van der Waals surface area contributed by atoms with Gasteiger partial charge in [-0.25, -0.2) is 4.39 Å². The third-order valence-corrected chi connectivity index (χ3v) is 4.73.